The quantitative estimate of drug-likeness (QED) is 0.868. The van der Waals surface area contributed by atoms with Crippen LogP contribution in [0, 0.1) is 5.41 Å². The molecule has 0 radical (unpaired) electrons. The van der Waals surface area contributed by atoms with Gasteiger partial charge in [-0.25, -0.2) is 9.97 Å². The Labute approximate surface area is 113 Å². The first-order valence-electron chi connectivity index (χ1n) is 6.76. The highest BCUT2D eigenvalue weighted by Crippen LogP contribution is 2.39. The molecule has 0 bridgehead atoms. The standard InChI is InChI=1S/C15H20N4/c1-15(2)7-12(16-3)10-9-18-14(19-13(10)8-15)11-5-4-6-17-11/h4-6,9,12,16-17H,7-8H2,1-3H3. The molecule has 1 atom stereocenters. The minimum Gasteiger partial charge on any atom is -0.359 e. The second kappa shape index (κ2) is 4.46. The lowest BCUT2D eigenvalue weighted by Crippen LogP contribution is -2.32. The van der Waals surface area contributed by atoms with Crippen molar-refractivity contribution in [2.24, 2.45) is 5.41 Å². The largest absolute Gasteiger partial charge is 0.359 e. The van der Waals surface area contributed by atoms with E-state index in [-0.39, 0.29) is 5.41 Å². The van der Waals surface area contributed by atoms with Gasteiger partial charge in [-0.1, -0.05) is 13.8 Å². The first-order chi connectivity index (χ1) is 9.09. The van der Waals surface area contributed by atoms with Gasteiger partial charge in [0, 0.05) is 29.7 Å². The molecule has 0 amide bonds. The van der Waals surface area contributed by atoms with E-state index in [1.165, 1.54) is 11.3 Å². The molecule has 1 unspecified atom stereocenters. The predicted octanol–water partition coefficient (Wildman–Crippen LogP) is 2.70. The summed E-state index contributed by atoms with van der Waals surface area (Å²) in [5.41, 5.74) is 3.68. The van der Waals surface area contributed by atoms with Gasteiger partial charge in [0.25, 0.3) is 0 Å². The maximum absolute atomic E-state index is 4.77. The molecule has 2 aromatic heterocycles. The Balaban J connectivity index is 2.04. The molecular formula is C15H20N4. The van der Waals surface area contributed by atoms with Crippen molar-refractivity contribution in [1.29, 1.82) is 0 Å². The zero-order valence-corrected chi connectivity index (χ0v) is 11.7. The average Bonchev–Trinajstić information content (AvgIpc) is 2.89. The number of H-pyrrole nitrogens is 1. The Hall–Kier alpha value is -1.68. The van der Waals surface area contributed by atoms with Gasteiger partial charge in [0.05, 0.1) is 5.69 Å². The number of aromatic nitrogens is 3. The lowest BCUT2D eigenvalue weighted by Gasteiger charge is -2.36. The van der Waals surface area contributed by atoms with Gasteiger partial charge < -0.3 is 10.3 Å². The molecule has 2 N–H and O–H groups in total. The molecule has 0 fully saturated rings. The van der Waals surface area contributed by atoms with Crippen LogP contribution in [0.1, 0.15) is 37.6 Å². The van der Waals surface area contributed by atoms with Crippen molar-refractivity contribution in [2.75, 3.05) is 7.05 Å². The Morgan fingerprint density at radius 2 is 2.26 bits per heavy atom. The number of hydrogen-bond acceptors (Lipinski definition) is 3. The minimum atomic E-state index is 0.280. The van der Waals surface area contributed by atoms with Crippen molar-refractivity contribution in [3.8, 4) is 11.5 Å². The van der Waals surface area contributed by atoms with Gasteiger partial charge in [-0.2, -0.15) is 0 Å². The van der Waals surface area contributed by atoms with E-state index >= 15 is 0 Å². The topological polar surface area (TPSA) is 53.6 Å². The summed E-state index contributed by atoms with van der Waals surface area (Å²) in [6.45, 7) is 4.60. The van der Waals surface area contributed by atoms with Gasteiger partial charge >= 0.3 is 0 Å². The molecule has 0 saturated heterocycles. The van der Waals surface area contributed by atoms with Gasteiger partial charge in [0.1, 0.15) is 0 Å². The summed E-state index contributed by atoms with van der Waals surface area (Å²) in [6.07, 6.45) is 6.02. The van der Waals surface area contributed by atoms with Gasteiger partial charge in [-0.05, 0) is 37.4 Å². The summed E-state index contributed by atoms with van der Waals surface area (Å²) >= 11 is 0. The third-order valence-electron chi connectivity index (χ3n) is 3.87. The average molecular weight is 256 g/mol. The monoisotopic (exact) mass is 256 g/mol. The van der Waals surface area contributed by atoms with Crippen LogP contribution in [0.15, 0.2) is 24.5 Å². The van der Waals surface area contributed by atoms with Crippen LogP contribution in [-0.2, 0) is 6.42 Å². The Kier molecular flexibility index (Phi) is 2.90. The zero-order valence-electron chi connectivity index (χ0n) is 11.7. The molecule has 2 heterocycles. The second-order valence-corrected chi connectivity index (χ2v) is 6.07. The fourth-order valence-corrected chi connectivity index (χ4v) is 2.90. The van der Waals surface area contributed by atoms with Crippen LogP contribution in [0.4, 0.5) is 0 Å². The smallest absolute Gasteiger partial charge is 0.176 e. The Bertz CT molecular complexity index is 572. The van der Waals surface area contributed by atoms with E-state index in [4.69, 9.17) is 4.98 Å². The fourth-order valence-electron chi connectivity index (χ4n) is 2.90. The minimum absolute atomic E-state index is 0.280. The van der Waals surface area contributed by atoms with E-state index in [2.05, 4.69) is 29.1 Å². The van der Waals surface area contributed by atoms with Crippen molar-refractivity contribution in [1.82, 2.24) is 20.3 Å². The van der Waals surface area contributed by atoms with Gasteiger partial charge in [-0.3, -0.25) is 0 Å². The highest BCUT2D eigenvalue weighted by atomic mass is 15.0. The van der Waals surface area contributed by atoms with Gasteiger partial charge in [0.2, 0.25) is 0 Å². The van der Waals surface area contributed by atoms with Crippen molar-refractivity contribution in [3.05, 3.63) is 35.8 Å². The van der Waals surface area contributed by atoms with Gasteiger partial charge in [-0.15, -0.1) is 0 Å². The molecule has 4 heteroatoms. The summed E-state index contributed by atoms with van der Waals surface area (Å²) < 4.78 is 0. The van der Waals surface area contributed by atoms with Crippen LogP contribution in [0.25, 0.3) is 11.5 Å². The third kappa shape index (κ3) is 2.28. The van der Waals surface area contributed by atoms with Crippen LogP contribution in [0.3, 0.4) is 0 Å². The Morgan fingerprint density at radius 3 is 2.95 bits per heavy atom. The van der Waals surface area contributed by atoms with Crippen molar-refractivity contribution >= 4 is 0 Å². The maximum atomic E-state index is 4.77. The van der Waals surface area contributed by atoms with Gasteiger partial charge in [0.15, 0.2) is 5.82 Å². The normalized spacial score (nSPS) is 21.1. The van der Waals surface area contributed by atoms with E-state index < -0.39 is 0 Å². The molecule has 100 valence electrons. The predicted molar refractivity (Wildman–Crippen MR) is 75.7 cm³/mol. The van der Waals surface area contributed by atoms with Crippen LogP contribution in [0.2, 0.25) is 0 Å². The maximum Gasteiger partial charge on any atom is 0.176 e. The lowest BCUT2D eigenvalue weighted by molar-refractivity contribution is 0.260. The molecule has 4 nitrogen and oxygen atoms in total. The zero-order chi connectivity index (χ0) is 13.5. The van der Waals surface area contributed by atoms with Crippen molar-refractivity contribution < 1.29 is 0 Å². The molecule has 3 rings (SSSR count). The number of nitrogens with one attached hydrogen (secondary N) is 2. The summed E-state index contributed by atoms with van der Waals surface area (Å²) in [7, 11) is 2.01. The molecule has 1 aliphatic carbocycles. The highest BCUT2D eigenvalue weighted by Gasteiger charge is 2.32. The SMILES string of the molecule is CNC1CC(C)(C)Cc2nc(-c3ccc[nH]3)ncc21. The molecule has 0 spiro atoms. The molecule has 0 saturated carbocycles. The summed E-state index contributed by atoms with van der Waals surface area (Å²) in [5, 5.41) is 3.38. The first kappa shape index (κ1) is 12.4. The number of fused-ring (bicyclic) bond motifs is 1. The Morgan fingerprint density at radius 1 is 1.42 bits per heavy atom. The van der Waals surface area contributed by atoms with Crippen LogP contribution in [-0.4, -0.2) is 22.0 Å². The summed E-state index contributed by atoms with van der Waals surface area (Å²) in [6, 6.07) is 4.33. The number of hydrogen-bond donors (Lipinski definition) is 2. The number of nitrogens with zero attached hydrogens (tertiary/aromatic N) is 2. The molecule has 0 aromatic carbocycles. The molecular weight excluding hydrogens is 236 g/mol. The van der Waals surface area contributed by atoms with E-state index in [1.807, 2.05) is 31.6 Å². The number of rotatable bonds is 2. The molecule has 1 aliphatic rings. The summed E-state index contributed by atoms with van der Waals surface area (Å²) in [5.74, 6) is 0.788. The van der Waals surface area contributed by atoms with Crippen LogP contribution >= 0.6 is 0 Å². The van der Waals surface area contributed by atoms with E-state index in [0.29, 0.717) is 6.04 Å². The summed E-state index contributed by atoms with van der Waals surface area (Å²) in [4.78, 5) is 12.4. The van der Waals surface area contributed by atoms with E-state index in [9.17, 15) is 0 Å². The highest BCUT2D eigenvalue weighted by molar-refractivity contribution is 5.50. The van der Waals surface area contributed by atoms with Crippen molar-refractivity contribution in [2.45, 2.75) is 32.7 Å². The van der Waals surface area contributed by atoms with Crippen LogP contribution < -0.4 is 5.32 Å². The molecule has 19 heavy (non-hydrogen) atoms. The van der Waals surface area contributed by atoms with E-state index in [1.54, 1.807) is 0 Å². The number of aromatic amines is 1. The molecule has 0 aliphatic heterocycles. The third-order valence-corrected chi connectivity index (χ3v) is 3.87. The van der Waals surface area contributed by atoms with Crippen LogP contribution in [0.5, 0.6) is 0 Å². The molecule has 2 aromatic rings. The van der Waals surface area contributed by atoms with Crippen molar-refractivity contribution in [3.63, 3.8) is 0 Å². The lowest BCUT2D eigenvalue weighted by atomic mass is 9.74. The fraction of sp³-hybridized carbons (Fsp3) is 0.467. The second-order valence-electron chi connectivity index (χ2n) is 6.07. The first-order valence-corrected chi connectivity index (χ1v) is 6.76. The van der Waals surface area contributed by atoms with E-state index in [0.717, 1.165) is 24.4 Å².